The SMILES string of the molecule is NC(=O)C(c1cccnc1-c1ccccc1)c1ccnc2ccnn12. The van der Waals surface area contributed by atoms with E-state index in [0.717, 1.165) is 16.8 Å². The molecule has 3 heterocycles. The zero-order chi connectivity index (χ0) is 17.2. The van der Waals surface area contributed by atoms with Gasteiger partial charge in [0.1, 0.15) is 5.92 Å². The van der Waals surface area contributed by atoms with Gasteiger partial charge in [0.25, 0.3) is 0 Å². The van der Waals surface area contributed by atoms with Crippen LogP contribution in [0, 0.1) is 0 Å². The highest BCUT2D eigenvalue weighted by molar-refractivity contribution is 5.87. The van der Waals surface area contributed by atoms with Crippen molar-refractivity contribution in [2.45, 2.75) is 5.92 Å². The summed E-state index contributed by atoms with van der Waals surface area (Å²) >= 11 is 0. The zero-order valence-electron chi connectivity index (χ0n) is 13.3. The van der Waals surface area contributed by atoms with Crippen molar-refractivity contribution in [1.82, 2.24) is 19.6 Å². The summed E-state index contributed by atoms with van der Waals surface area (Å²) in [4.78, 5) is 21.1. The van der Waals surface area contributed by atoms with Gasteiger partial charge in [0.2, 0.25) is 5.91 Å². The maximum atomic E-state index is 12.4. The summed E-state index contributed by atoms with van der Waals surface area (Å²) in [5.41, 5.74) is 9.49. The van der Waals surface area contributed by atoms with Gasteiger partial charge < -0.3 is 5.73 Å². The van der Waals surface area contributed by atoms with E-state index < -0.39 is 11.8 Å². The van der Waals surface area contributed by atoms with Crippen molar-refractivity contribution in [2.24, 2.45) is 5.73 Å². The second-order valence-corrected chi connectivity index (χ2v) is 5.61. The zero-order valence-corrected chi connectivity index (χ0v) is 13.3. The van der Waals surface area contributed by atoms with Crippen molar-refractivity contribution in [3.8, 4) is 11.3 Å². The first-order valence-electron chi connectivity index (χ1n) is 7.84. The van der Waals surface area contributed by atoms with E-state index in [-0.39, 0.29) is 0 Å². The van der Waals surface area contributed by atoms with Crippen LogP contribution in [-0.4, -0.2) is 25.5 Å². The smallest absolute Gasteiger partial charge is 0.231 e. The van der Waals surface area contributed by atoms with Crippen LogP contribution in [-0.2, 0) is 4.79 Å². The predicted octanol–water partition coefficient (Wildman–Crippen LogP) is 2.41. The van der Waals surface area contributed by atoms with Crippen molar-refractivity contribution in [1.29, 1.82) is 0 Å². The number of rotatable bonds is 4. The number of carbonyl (C=O) groups excluding carboxylic acids is 1. The quantitative estimate of drug-likeness (QED) is 0.623. The van der Waals surface area contributed by atoms with Crippen LogP contribution in [0.25, 0.3) is 16.9 Å². The Morgan fingerprint density at radius 1 is 0.920 bits per heavy atom. The number of carbonyl (C=O) groups is 1. The largest absolute Gasteiger partial charge is 0.369 e. The van der Waals surface area contributed by atoms with Crippen LogP contribution in [0.4, 0.5) is 0 Å². The molecule has 0 saturated carbocycles. The minimum Gasteiger partial charge on any atom is -0.369 e. The van der Waals surface area contributed by atoms with E-state index >= 15 is 0 Å². The van der Waals surface area contributed by atoms with Crippen molar-refractivity contribution in [3.63, 3.8) is 0 Å². The van der Waals surface area contributed by atoms with Gasteiger partial charge in [0.05, 0.1) is 17.6 Å². The van der Waals surface area contributed by atoms with E-state index in [1.165, 1.54) is 0 Å². The molecule has 25 heavy (non-hydrogen) atoms. The van der Waals surface area contributed by atoms with Gasteiger partial charge in [-0.15, -0.1) is 0 Å². The van der Waals surface area contributed by atoms with Crippen LogP contribution < -0.4 is 5.73 Å². The first-order chi connectivity index (χ1) is 12.3. The molecule has 1 atom stereocenters. The van der Waals surface area contributed by atoms with Crippen molar-refractivity contribution < 1.29 is 4.79 Å². The van der Waals surface area contributed by atoms with Crippen molar-refractivity contribution in [3.05, 3.63) is 84.4 Å². The summed E-state index contributed by atoms with van der Waals surface area (Å²) in [5, 5.41) is 4.28. The van der Waals surface area contributed by atoms with Gasteiger partial charge in [-0.3, -0.25) is 9.78 Å². The molecule has 0 radical (unpaired) electrons. The van der Waals surface area contributed by atoms with Gasteiger partial charge in [0, 0.05) is 24.0 Å². The van der Waals surface area contributed by atoms with E-state index in [1.807, 2.05) is 36.4 Å². The number of pyridine rings is 1. The molecule has 0 aliphatic heterocycles. The fraction of sp³-hybridized carbons (Fsp3) is 0.0526. The number of nitrogens with two attached hydrogens (primary N) is 1. The standard InChI is InChI=1S/C19H15N5O/c20-19(25)17(15-8-11-21-16-9-12-23-24(15)16)14-7-4-10-22-18(14)13-5-2-1-3-6-13/h1-12,17H,(H2,20,25). The Labute approximate surface area is 144 Å². The number of aromatic nitrogens is 4. The van der Waals surface area contributed by atoms with Gasteiger partial charge in [-0.1, -0.05) is 36.4 Å². The first kappa shape index (κ1) is 15.0. The third-order valence-electron chi connectivity index (χ3n) is 4.10. The highest BCUT2D eigenvalue weighted by Gasteiger charge is 2.26. The summed E-state index contributed by atoms with van der Waals surface area (Å²) in [6, 6.07) is 16.9. The van der Waals surface area contributed by atoms with Crippen molar-refractivity contribution >= 4 is 11.6 Å². The summed E-state index contributed by atoms with van der Waals surface area (Å²) < 4.78 is 1.64. The number of hydrogen-bond acceptors (Lipinski definition) is 4. The van der Waals surface area contributed by atoms with Crippen LogP contribution in [0.2, 0.25) is 0 Å². The van der Waals surface area contributed by atoms with E-state index in [2.05, 4.69) is 15.1 Å². The minimum atomic E-state index is -0.686. The average Bonchev–Trinajstić information content (AvgIpc) is 3.12. The van der Waals surface area contributed by atoms with Gasteiger partial charge in [-0.2, -0.15) is 5.10 Å². The molecule has 1 aromatic carbocycles. The molecule has 0 fully saturated rings. The van der Waals surface area contributed by atoms with E-state index in [0.29, 0.717) is 11.3 Å². The number of benzene rings is 1. The second kappa shape index (κ2) is 6.16. The molecular weight excluding hydrogens is 314 g/mol. The molecule has 6 nitrogen and oxygen atoms in total. The topological polar surface area (TPSA) is 86.2 Å². The molecular formula is C19H15N5O. The molecule has 6 heteroatoms. The number of hydrogen-bond donors (Lipinski definition) is 1. The van der Waals surface area contributed by atoms with Crippen LogP contribution >= 0.6 is 0 Å². The molecule has 1 amide bonds. The average molecular weight is 329 g/mol. The monoisotopic (exact) mass is 329 g/mol. The molecule has 3 aromatic heterocycles. The van der Waals surface area contributed by atoms with E-state index in [1.54, 1.807) is 41.3 Å². The van der Waals surface area contributed by atoms with Crippen LogP contribution in [0.1, 0.15) is 17.2 Å². The lowest BCUT2D eigenvalue weighted by Gasteiger charge is -2.18. The van der Waals surface area contributed by atoms with Gasteiger partial charge in [-0.25, -0.2) is 9.50 Å². The Morgan fingerprint density at radius 2 is 1.76 bits per heavy atom. The lowest BCUT2D eigenvalue weighted by molar-refractivity contribution is -0.118. The Morgan fingerprint density at radius 3 is 2.56 bits per heavy atom. The van der Waals surface area contributed by atoms with E-state index in [4.69, 9.17) is 5.73 Å². The fourth-order valence-corrected chi connectivity index (χ4v) is 3.02. The highest BCUT2D eigenvalue weighted by atomic mass is 16.1. The molecule has 4 rings (SSSR count). The maximum Gasteiger partial charge on any atom is 0.231 e. The number of amides is 1. The lowest BCUT2D eigenvalue weighted by atomic mass is 9.91. The fourth-order valence-electron chi connectivity index (χ4n) is 3.02. The Balaban J connectivity index is 1.95. The third kappa shape index (κ3) is 2.63. The number of primary amides is 1. The van der Waals surface area contributed by atoms with Gasteiger partial charge >= 0.3 is 0 Å². The summed E-state index contributed by atoms with van der Waals surface area (Å²) in [6.07, 6.45) is 5.01. The molecule has 2 N–H and O–H groups in total. The van der Waals surface area contributed by atoms with Crippen LogP contribution in [0.3, 0.4) is 0 Å². The molecule has 0 spiro atoms. The van der Waals surface area contributed by atoms with Crippen molar-refractivity contribution in [2.75, 3.05) is 0 Å². The molecule has 122 valence electrons. The van der Waals surface area contributed by atoms with E-state index in [9.17, 15) is 4.79 Å². The lowest BCUT2D eigenvalue weighted by Crippen LogP contribution is -2.25. The third-order valence-corrected chi connectivity index (χ3v) is 4.10. The normalized spacial score (nSPS) is 12.2. The molecule has 0 aliphatic carbocycles. The van der Waals surface area contributed by atoms with Crippen LogP contribution in [0.5, 0.6) is 0 Å². The first-order valence-corrected chi connectivity index (χ1v) is 7.84. The maximum absolute atomic E-state index is 12.4. The second-order valence-electron chi connectivity index (χ2n) is 5.61. The molecule has 0 saturated heterocycles. The summed E-state index contributed by atoms with van der Waals surface area (Å²) in [7, 11) is 0. The van der Waals surface area contributed by atoms with Crippen LogP contribution in [0.15, 0.2) is 73.2 Å². The molecule has 0 aliphatic rings. The summed E-state index contributed by atoms with van der Waals surface area (Å²) in [6.45, 7) is 0. The summed E-state index contributed by atoms with van der Waals surface area (Å²) in [5.74, 6) is -1.15. The number of fused-ring (bicyclic) bond motifs is 1. The molecule has 0 bridgehead atoms. The van der Waals surface area contributed by atoms with Gasteiger partial charge in [-0.05, 0) is 17.7 Å². The Bertz CT molecular complexity index is 1040. The number of nitrogens with zero attached hydrogens (tertiary/aromatic N) is 4. The molecule has 4 aromatic rings. The Hall–Kier alpha value is -3.54. The van der Waals surface area contributed by atoms with Gasteiger partial charge in [0.15, 0.2) is 5.65 Å². The highest BCUT2D eigenvalue weighted by Crippen LogP contribution is 2.31. The predicted molar refractivity (Wildman–Crippen MR) is 93.7 cm³/mol. The molecule has 1 unspecified atom stereocenters. The minimum absolute atomic E-state index is 0.465. The Kier molecular flexibility index (Phi) is 3.70.